The minimum Gasteiger partial charge on any atom is -0.456 e. The van der Waals surface area contributed by atoms with Gasteiger partial charge in [0.15, 0.2) is 6.61 Å². The van der Waals surface area contributed by atoms with E-state index in [1.54, 1.807) is 0 Å². The highest BCUT2D eigenvalue weighted by Crippen LogP contribution is 2.38. The number of esters is 1. The van der Waals surface area contributed by atoms with E-state index in [1.165, 1.54) is 12.1 Å². The highest BCUT2D eigenvalue weighted by Gasteiger charge is 2.47. The Balaban J connectivity index is 1.40. The summed E-state index contributed by atoms with van der Waals surface area (Å²) >= 11 is 0. The molecule has 2 fully saturated rings. The van der Waals surface area contributed by atoms with E-state index in [1.807, 2.05) is 0 Å². The minimum absolute atomic E-state index is 0.0915. The van der Waals surface area contributed by atoms with E-state index >= 15 is 0 Å². The summed E-state index contributed by atoms with van der Waals surface area (Å²) in [6.07, 6.45) is -1.87. The monoisotopic (exact) mass is 442 g/mol. The standard InChI is InChI=1S/C20H21F3N2O6/c21-20(22,23)31-13-7-5-12(6-8-13)24-16(26)11-30-17(27)9-10-25-18(28)14-3-1-2-4-15(14)19(25)29/h5-8,14-15H,1-4,9-11H2,(H,24,26)/t14-,15-/m1/s1. The number of fused-ring (bicyclic) bond motifs is 1. The number of anilines is 1. The summed E-state index contributed by atoms with van der Waals surface area (Å²) in [4.78, 5) is 49.5. The van der Waals surface area contributed by atoms with Crippen LogP contribution in [0.3, 0.4) is 0 Å². The van der Waals surface area contributed by atoms with Crippen LogP contribution in [0.1, 0.15) is 32.1 Å². The number of hydrogen-bond acceptors (Lipinski definition) is 6. The molecular weight excluding hydrogens is 421 g/mol. The third-order valence-electron chi connectivity index (χ3n) is 5.21. The number of likely N-dealkylation sites (tertiary alicyclic amines) is 1. The minimum atomic E-state index is -4.82. The summed E-state index contributed by atoms with van der Waals surface area (Å²) in [6.45, 7) is -0.710. The largest absolute Gasteiger partial charge is 0.573 e. The zero-order valence-corrected chi connectivity index (χ0v) is 16.4. The molecule has 0 bridgehead atoms. The molecule has 2 atom stereocenters. The van der Waals surface area contributed by atoms with Crippen molar-refractivity contribution >= 4 is 29.4 Å². The highest BCUT2D eigenvalue weighted by atomic mass is 19.4. The van der Waals surface area contributed by atoms with Gasteiger partial charge < -0.3 is 14.8 Å². The van der Waals surface area contributed by atoms with Crippen molar-refractivity contribution < 1.29 is 41.8 Å². The Kier molecular flexibility index (Phi) is 6.81. The number of rotatable bonds is 7. The number of ether oxygens (including phenoxy) is 2. The SMILES string of the molecule is O=C(COC(=O)CCN1C(=O)[C@@H]2CCCC[C@H]2C1=O)Nc1ccc(OC(F)(F)F)cc1. The second-order valence-corrected chi connectivity index (χ2v) is 7.36. The van der Waals surface area contributed by atoms with Gasteiger partial charge >= 0.3 is 12.3 Å². The highest BCUT2D eigenvalue weighted by molar-refractivity contribution is 6.05. The normalized spacial score (nSPS) is 20.9. The van der Waals surface area contributed by atoms with Gasteiger partial charge in [-0.1, -0.05) is 12.8 Å². The molecule has 3 amide bonds. The molecule has 0 unspecified atom stereocenters. The number of halogens is 3. The Bertz CT molecular complexity index is 831. The van der Waals surface area contributed by atoms with E-state index in [-0.39, 0.29) is 42.3 Å². The lowest BCUT2D eigenvalue weighted by atomic mass is 9.81. The quantitative estimate of drug-likeness (QED) is 0.515. The van der Waals surface area contributed by atoms with Crippen molar-refractivity contribution in [3.63, 3.8) is 0 Å². The van der Waals surface area contributed by atoms with Gasteiger partial charge in [-0.15, -0.1) is 13.2 Å². The molecule has 11 heteroatoms. The second kappa shape index (κ2) is 9.36. The number of amides is 3. The van der Waals surface area contributed by atoms with Gasteiger partial charge in [-0.3, -0.25) is 24.1 Å². The molecule has 8 nitrogen and oxygen atoms in total. The van der Waals surface area contributed by atoms with Crippen LogP contribution in [0.5, 0.6) is 5.75 Å². The fourth-order valence-electron chi connectivity index (χ4n) is 3.81. The predicted octanol–water partition coefficient (Wildman–Crippen LogP) is 2.63. The summed E-state index contributed by atoms with van der Waals surface area (Å²) in [7, 11) is 0. The molecule has 1 heterocycles. The van der Waals surface area contributed by atoms with E-state index in [0.29, 0.717) is 12.8 Å². The van der Waals surface area contributed by atoms with Crippen molar-refractivity contribution in [2.24, 2.45) is 11.8 Å². The first-order valence-corrected chi connectivity index (χ1v) is 9.80. The van der Waals surface area contributed by atoms with Crippen molar-refractivity contribution in [1.82, 2.24) is 4.90 Å². The Morgan fingerprint density at radius 2 is 1.61 bits per heavy atom. The third kappa shape index (κ3) is 5.96. The number of nitrogens with one attached hydrogen (secondary N) is 1. The van der Waals surface area contributed by atoms with Crippen molar-refractivity contribution in [3.8, 4) is 5.75 Å². The topological polar surface area (TPSA) is 102 Å². The predicted molar refractivity (Wildman–Crippen MR) is 99.5 cm³/mol. The first-order chi connectivity index (χ1) is 14.6. The van der Waals surface area contributed by atoms with Crippen LogP contribution in [0, 0.1) is 11.8 Å². The van der Waals surface area contributed by atoms with E-state index < -0.39 is 30.6 Å². The van der Waals surface area contributed by atoms with Gasteiger partial charge in [-0.05, 0) is 37.1 Å². The van der Waals surface area contributed by atoms with Crippen LogP contribution in [0.4, 0.5) is 18.9 Å². The zero-order valence-electron chi connectivity index (χ0n) is 16.4. The summed E-state index contributed by atoms with van der Waals surface area (Å²) in [5, 5.41) is 2.36. The van der Waals surface area contributed by atoms with Gasteiger partial charge in [0.1, 0.15) is 5.75 Å². The first kappa shape index (κ1) is 22.6. The van der Waals surface area contributed by atoms with Crippen molar-refractivity contribution in [2.45, 2.75) is 38.5 Å². The average Bonchev–Trinajstić information content (AvgIpc) is 2.96. The lowest BCUT2D eigenvalue weighted by Crippen LogP contribution is -2.33. The van der Waals surface area contributed by atoms with Gasteiger partial charge in [0, 0.05) is 12.2 Å². The number of nitrogens with zero attached hydrogens (tertiary/aromatic N) is 1. The molecule has 1 aliphatic heterocycles. The van der Waals surface area contributed by atoms with E-state index in [2.05, 4.69) is 10.1 Å². The number of carbonyl (C=O) groups excluding carboxylic acids is 4. The smallest absolute Gasteiger partial charge is 0.456 e. The lowest BCUT2D eigenvalue weighted by Gasteiger charge is -2.19. The molecular formula is C20H21F3N2O6. The molecule has 2 aliphatic rings. The summed E-state index contributed by atoms with van der Waals surface area (Å²) < 4.78 is 44.9. The molecule has 1 saturated heterocycles. The Morgan fingerprint density at radius 1 is 1.03 bits per heavy atom. The number of carbonyl (C=O) groups is 4. The Morgan fingerprint density at radius 3 is 2.16 bits per heavy atom. The number of hydrogen-bond donors (Lipinski definition) is 1. The van der Waals surface area contributed by atoms with Gasteiger partial charge in [0.2, 0.25) is 11.8 Å². The molecule has 1 aliphatic carbocycles. The van der Waals surface area contributed by atoms with Crippen LogP contribution in [-0.4, -0.2) is 48.1 Å². The van der Waals surface area contributed by atoms with Crippen LogP contribution in [0.15, 0.2) is 24.3 Å². The maximum atomic E-state index is 12.4. The molecule has 1 N–H and O–H groups in total. The fourth-order valence-corrected chi connectivity index (χ4v) is 3.81. The molecule has 168 valence electrons. The van der Waals surface area contributed by atoms with E-state index in [9.17, 15) is 32.3 Å². The van der Waals surface area contributed by atoms with Gasteiger partial charge in [-0.25, -0.2) is 0 Å². The zero-order chi connectivity index (χ0) is 22.6. The number of imide groups is 1. The summed E-state index contributed by atoms with van der Waals surface area (Å²) in [6, 6.07) is 4.45. The van der Waals surface area contributed by atoms with Gasteiger partial charge in [0.05, 0.1) is 18.3 Å². The van der Waals surface area contributed by atoms with Crippen LogP contribution >= 0.6 is 0 Å². The number of benzene rings is 1. The molecule has 3 rings (SSSR count). The summed E-state index contributed by atoms with van der Waals surface area (Å²) in [5.41, 5.74) is 0.187. The Labute approximate surface area is 175 Å². The second-order valence-electron chi connectivity index (χ2n) is 7.36. The van der Waals surface area contributed by atoms with Crippen LogP contribution in [0.25, 0.3) is 0 Å². The van der Waals surface area contributed by atoms with Crippen LogP contribution in [0.2, 0.25) is 0 Å². The molecule has 31 heavy (non-hydrogen) atoms. The maximum Gasteiger partial charge on any atom is 0.573 e. The maximum absolute atomic E-state index is 12.4. The fraction of sp³-hybridized carbons (Fsp3) is 0.500. The van der Waals surface area contributed by atoms with Crippen LogP contribution < -0.4 is 10.1 Å². The van der Waals surface area contributed by atoms with Gasteiger partial charge in [0.25, 0.3) is 5.91 Å². The van der Waals surface area contributed by atoms with Gasteiger partial charge in [-0.2, -0.15) is 0 Å². The molecule has 0 radical (unpaired) electrons. The third-order valence-corrected chi connectivity index (χ3v) is 5.21. The molecule has 1 aromatic rings. The van der Waals surface area contributed by atoms with E-state index in [0.717, 1.165) is 29.9 Å². The molecule has 1 aromatic carbocycles. The average molecular weight is 442 g/mol. The molecule has 0 aromatic heterocycles. The van der Waals surface area contributed by atoms with Crippen molar-refractivity contribution in [1.29, 1.82) is 0 Å². The lowest BCUT2D eigenvalue weighted by molar-refractivity contribution is -0.274. The van der Waals surface area contributed by atoms with E-state index in [4.69, 9.17) is 4.74 Å². The van der Waals surface area contributed by atoms with Crippen molar-refractivity contribution in [3.05, 3.63) is 24.3 Å². The molecule has 1 saturated carbocycles. The Hall–Kier alpha value is -3.11. The molecule has 0 spiro atoms. The van der Waals surface area contributed by atoms with Crippen molar-refractivity contribution in [2.75, 3.05) is 18.5 Å². The van der Waals surface area contributed by atoms with Crippen LogP contribution in [-0.2, 0) is 23.9 Å². The summed E-state index contributed by atoms with van der Waals surface area (Å²) in [5.74, 6) is -2.98. The number of alkyl halides is 3. The first-order valence-electron chi connectivity index (χ1n) is 9.80.